The van der Waals surface area contributed by atoms with E-state index in [4.69, 9.17) is 4.42 Å². The summed E-state index contributed by atoms with van der Waals surface area (Å²) < 4.78 is 24.1. The molecule has 0 radical (unpaired) electrons. The number of furan rings is 1. The molecule has 0 aliphatic heterocycles. The lowest BCUT2D eigenvalue weighted by Gasteiger charge is -2.04. The van der Waals surface area contributed by atoms with Crippen molar-refractivity contribution in [3.05, 3.63) is 80.0 Å². The van der Waals surface area contributed by atoms with E-state index in [0.29, 0.717) is 21.3 Å². The minimum Gasteiger partial charge on any atom is -0.463 e. The fraction of sp³-hybridized carbons (Fsp3) is 0.105. The minimum atomic E-state index is -0.653. The van der Waals surface area contributed by atoms with E-state index in [0.717, 1.165) is 4.57 Å². The Balaban J connectivity index is 1.81. The number of fused-ring (bicyclic) bond motifs is 1. The highest BCUT2D eigenvalue weighted by Gasteiger charge is 2.17. The Kier molecular flexibility index (Phi) is 4.44. The predicted molar refractivity (Wildman–Crippen MR) is 101 cm³/mol. The number of halogens is 1. The van der Waals surface area contributed by atoms with Gasteiger partial charge < -0.3 is 9.15 Å². The number of esters is 1. The summed E-state index contributed by atoms with van der Waals surface area (Å²) in [7, 11) is 1.22. The molecule has 142 valence electrons. The topological polar surface area (TPSA) is 94.3 Å². The van der Waals surface area contributed by atoms with Gasteiger partial charge in [0, 0.05) is 10.9 Å². The van der Waals surface area contributed by atoms with Crippen LogP contribution in [0.2, 0.25) is 0 Å². The fourth-order valence-electron chi connectivity index (χ4n) is 2.87. The number of carbonyl (C=O) groups excluding carboxylic acids is 1. The Hall–Kier alpha value is -3.46. The van der Waals surface area contributed by atoms with Crippen LogP contribution in [0, 0.1) is 5.82 Å². The number of nitrogens with one attached hydrogen (secondary N) is 1. The van der Waals surface area contributed by atoms with Crippen LogP contribution in [0.5, 0.6) is 0 Å². The molecular weight excluding hydrogens is 387 g/mol. The zero-order valence-corrected chi connectivity index (χ0v) is 15.3. The third-order valence-corrected chi connectivity index (χ3v) is 5.13. The number of carbonyl (C=O) groups is 1. The zero-order chi connectivity index (χ0) is 19.8. The summed E-state index contributed by atoms with van der Waals surface area (Å²) in [5, 5.41) is 2.07. The fourth-order valence-corrected chi connectivity index (χ4v) is 3.82. The summed E-state index contributed by atoms with van der Waals surface area (Å²) in [6.07, 6.45) is 0. The second-order valence-corrected chi connectivity index (χ2v) is 6.82. The van der Waals surface area contributed by atoms with Crippen LogP contribution in [0.1, 0.15) is 16.3 Å². The smallest absolute Gasteiger partial charge is 0.373 e. The van der Waals surface area contributed by atoms with Gasteiger partial charge in [0.2, 0.25) is 5.76 Å². The molecule has 4 rings (SSSR count). The summed E-state index contributed by atoms with van der Waals surface area (Å²) >= 11 is 1.22. The van der Waals surface area contributed by atoms with Crippen molar-refractivity contribution in [2.45, 2.75) is 6.54 Å². The van der Waals surface area contributed by atoms with Crippen LogP contribution in [0.25, 0.3) is 21.3 Å². The monoisotopic (exact) mass is 400 g/mol. The van der Waals surface area contributed by atoms with E-state index in [1.807, 2.05) is 0 Å². The molecule has 0 bridgehead atoms. The van der Waals surface area contributed by atoms with E-state index in [9.17, 15) is 18.8 Å². The van der Waals surface area contributed by atoms with Crippen molar-refractivity contribution in [1.29, 1.82) is 0 Å². The second-order valence-electron chi connectivity index (χ2n) is 5.94. The largest absolute Gasteiger partial charge is 0.463 e. The molecule has 0 spiro atoms. The lowest BCUT2D eigenvalue weighted by atomic mass is 10.1. The normalized spacial score (nSPS) is 11.1. The molecule has 9 heteroatoms. The number of ether oxygens (including phenoxy) is 1. The van der Waals surface area contributed by atoms with E-state index in [1.165, 1.54) is 42.7 Å². The number of hydrogen-bond donors (Lipinski definition) is 1. The lowest BCUT2D eigenvalue weighted by molar-refractivity contribution is 0.0563. The summed E-state index contributed by atoms with van der Waals surface area (Å²) in [5.41, 5.74) is 0.162. The Labute approximate surface area is 160 Å². The first kappa shape index (κ1) is 17.9. The average molecular weight is 400 g/mol. The Morgan fingerprint density at radius 1 is 1.21 bits per heavy atom. The number of hydrogen-bond acceptors (Lipinski definition) is 6. The number of aromatic amines is 1. The molecule has 0 aliphatic rings. The van der Waals surface area contributed by atoms with Crippen LogP contribution < -0.4 is 11.2 Å². The van der Waals surface area contributed by atoms with Crippen LogP contribution in [-0.4, -0.2) is 22.6 Å². The molecule has 0 saturated heterocycles. The number of aromatic nitrogens is 2. The van der Waals surface area contributed by atoms with Gasteiger partial charge in [-0.05, 0) is 29.8 Å². The van der Waals surface area contributed by atoms with Gasteiger partial charge in [0.1, 0.15) is 16.4 Å². The number of thiophene rings is 1. The van der Waals surface area contributed by atoms with Gasteiger partial charge >= 0.3 is 11.7 Å². The minimum absolute atomic E-state index is 0.0226. The van der Waals surface area contributed by atoms with E-state index >= 15 is 0 Å². The zero-order valence-electron chi connectivity index (χ0n) is 14.5. The number of nitrogens with zero attached hydrogens (tertiary/aromatic N) is 1. The molecule has 0 fully saturated rings. The number of methoxy groups -OCH3 is 1. The number of benzene rings is 1. The van der Waals surface area contributed by atoms with E-state index in [-0.39, 0.29) is 23.9 Å². The Morgan fingerprint density at radius 3 is 2.68 bits per heavy atom. The molecular formula is C19H13FN2O5S. The summed E-state index contributed by atoms with van der Waals surface area (Å²) in [6, 6.07) is 8.66. The molecule has 0 aliphatic carbocycles. The molecule has 1 aromatic carbocycles. The average Bonchev–Trinajstić information content (AvgIpc) is 3.32. The maximum Gasteiger partial charge on any atom is 0.373 e. The molecule has 7 nitrogen and oxygen atoms in total. The van der Waals surface area contributed by atoms with Gasteiger partial charge in [0.25, 0.3) is 5.56 Å². The van der Waals surface area contributed by atoms with Gasteiger partial charge in [-0.25, -0.2) is 14.0 Å². The molecule has 4 aromatic rings. The highest BCUT2D eigenvalue weighted by atomic mass is 32.1. The van der Waals surface area contributed by atoms with Gasteiger partial charge in [-0.3, -0.25) is 14.3 Å². The van der Waals surface area contributed by atoms with Crippen LogP contribution in [0.3, 0.4) is 0 Å². The van der Waals surface area contributed by atoms with Crippen molar-refractivity contribution in [2.24, 2.45) is 0 Å². The van der Waals surface area contributed by atoms with Crippen LogP contribution in [0.4, 0.5) is 4.39 Å². The van der Waals surface area contributed by atoms with Crippen molar-refractivity contribution in [3.63, 3.8) is 0 Å². The molecule has 3 heterocycles. The summed E-state index contributed by atoms with van der Waals surface area (Å²) in [5.74, 6) is -0.802. The highest BCUT2D eigenvalue weighted by Crippen LogP contribution is 2.30. The first-order valence-electron chi connectivity index (χ1n) is 8.15. The first-order valence-corrected chi connectivity index (χ1v) is 9.03. The highest BCUT2D eigenvalue weighted by molar-refractivity contribution is 7.17. The van der Waals surface area contributed by atoms with Crippen LogP contribution in [0.15, 0.2) is 55.8 Å². The van der Waals surface area contributed by atoms with Crippen molar-refractivity contribution in [2.75, 3.05) is 7.11 Å². The van der Waals surface area contributed by atoms with Gasteiger partial charge in [0.05, 0.1) is 19.0 Å². The Morgan fingerprint density at radius 2 is 1.96 bits per heavy atom. The molecule has 28 heavy (non-hydrogen) atoms. The quantitative estimate of drug-likeness (QED) is 0.532. The maximum atomic E-state index is 13.2. The molecule has 0 atom stereocenters. The van der Waals surface area contributed by atoms with E-state index in [1.54, 1.807) is 17.5 Å². The lowest BCUT2D eigenvalue weighted by Crippen LogP contribution is -2.35. The SMILES string of the molecule is COC(=O)c1ccc(Cn2c(=O)[nH]c3scc(-c4ccc(F)cc4)c3c2=O)o1. The molecule has 0 amide bonds. The maximum absolute atomic E-state index is 13.2. The molecule has 0 saturated carbocycles. The predicted octanol–water partition coefficient (Wildman–Crippen LogP) is 2.99. The first-order chi connectivity index (χ1) is 13.5. The van der Waals surface area contributed by atoms with Gasteiger partial charge in [-0.2, -0.15) is 0 Å². The van der Waals surface area contributed by atoms with Crippen LogP contribution in [-0.2, 0) is 11.3 Å². The van der Waals surface area contributed by atoms with Crippen molar-refractivity contribution >= 4 is 27.5 Å². The molecule has 1 N–H and O–H groups in total. The Bertz CT molecular complexity index is 1300. The second kappa shape index (κ2) is 6.93. The van der Waals surface area contributed by atoms with Crippen LogP contribution >= 0.6 is 11.3 Å². The van der Waals surface area contributed by atoms with E-state index < -0.39 is 17.2 Å². The van der Waals surface area contributed by atoms with Crippen molar-refractivity contribution in [1.82, 2.24) is 9.55 Å². The molecule has 0 unspecified atom stereocenters. The van der Waals surface area contributed by atoms with Gasteiger partial charge in [-0.15, -0.1) is 11.3 Å². The molecule has 3 aromatic heterocycles. The summed E-state index contributed by atoms with van der Waals surface area (Å²) in [4.78, 5) is 40.0. The third-order valence-electron chi connectivity index (χ3n) is 4.23. The number of H-pyrrole nitrogens is 1. The van der Waals surface area contributed by atoms with Gasteiger partial charge in [-0.1, -0.05) is 12.1 Å². The third kappa shape index (κ3) is 3.05. The van der Waals surface area contributed by atoms with Gasteiger partial charge in [0.15, 0.2) is 0 Å². The van der Waals surface area contributed by atoms with Crippen molar-refractivity contribution < 1.29 is 18.3 Å². The number of rotatable bonds is 4. The summed E-state index contributed by atoms with van der Waals surface area (Å²) in [6.45, 7) is -0.153. The van der Waals surface area contributed by atoms with E-state index in [2.05, 4.69) is 9.72 Å². The standard InChI is InChI=1S/C19H13FN2O5S/c1-26-18(24)14-7-6-12(27-14)8-22-17(23)15-13(9-28-16(15)21-19(22)25)10-2-4-11(20)5-3-10/h2-7,9H,8H2,1H3,(H,21,25). The van der Waals surface area contributed by atoms with Crippen molar-refractivity contribution in [3.8, 4) is 11.1 Å².